The summed E-state index contributed by atoms with van der Waals surface area (Å²) in [6.45, 7) is 7.41. The maximum Gasteiger partial charge on any atom is 2.00 e. The van der Waals surface area contributed by atoms with E-state index in [1.54, 1.807) is 0 Å². The topological polar surface area (TPSA) is 282 Å². The van der Waals surface area contributed by atoms with Gasteiger partial charge in [-0.3, -0.25) is 9.59 Å². The van der Waals surface area contributed by atoms with Gasteiger partial charge in [0, 0.05) is 49.2 Å². The monoisotopic (exact) mass is 1140 g/mol. The van der Waals surface area contributed by atoms with Crippen LogP contribution in [-0.2, 0) is 29.6 Å². The second kappa shape index (κ2) is 28.5. The minimum absolute atomic E-state index is 0. The van der Waals surface area contributed by atoms with E-state index < -0.39 is 80.9 Å². The molecule has 68 heavy (non-hydrogen) atoms. The second-order valence-corrected chi connectivity index (χ2v) is 20.0. The van der Waals surface area contributed by atoms with Crippen LogP contribution in [0.3, 0.4) is 0 Å². The first-order valence-electron chi connectivity index (χ1n) is 20.3. The fourth-order valence-electron chi connectivity index (χ4n) is 6.09. The molecule has 366 valence electrons. The number of aliphatic hydroxyl groups excluding tert-OH is 4. The Morgan fingerprint density at radius 1 is 0.618 bits per heavy atom. The molecule has 2 aromatic carbocycles. The number of carboxylic acids is 2. The van der Waals surface area contributed by atoms with Crippen LogP contribution in [0.5, 0.6) is 0 Å². The van der Waals surface area contributed by atoms with Crippen molar-refractivity contribution in [1.82, 2.24) is 19.9 Å². The van der Waals surface area contributed by atoms with Gasteiger partial charge < -0.3 is 34.9 Å². The van der Waals surface area contributed by atoms with E-state index in [1.165, 1.54) is 86.9 Å². The average molecular weight is 1140 g/mol. The molecule has 0 aliphatic heterocycles. The van der Waals surface area contributed by atoms with Crippen molar-refractivity contribution in [2.75, 3.05) is 35.2 Å². The van der Waals surface area contributed by atoms with Crippen LogP contribution in [0.25, 0.3) is 34.7 Å². The third-order valence-corrected chi connectivity index (χ3v) is 11.9. The van der Waals surface area contributed by atoms with Gasteiger partial charge in [0.25, 0.3) is 0 Å². The Hall–Kier alpha value is -2.47. The predicted octanol–water partition coefficient (Wildman–Crippen LogP) is 1.76. The number of hydrogen-bond acceptors (Lipinski definition) is 14. The minimum Gasteiger partial charge on any atom is -1.00 e. The summed E-state index contributed by atoms with van der Waals surface area (Å²) >= 11 is 0. The Labute approximate surface area is 488 Å². The first kappa shape index (κ1) is 63.5. The van der Waals surface area contributed by atoms with Gasteiger partial charge in [0.15, 0.2) is 0 Å². The first-order chi connectivity index (χ1) is 30.6. The Morgan fingerprint density at radius 2 is 0.912 bits per heavy atom. The standard InChI is InChI=1S/2C22H28FN3O6S.Ca.Cs.3H/c2*1-13(2)20-18(10-9-16(27)11-17(28)12-19(29)30)21(14-5-7-15(23)8-6-14)25-22(24-20)26(3)33(4,31)32;;;;;/h2*5-10,13,16-17,27-28H,11-12H2,1-4H3,(H,29,30);;;;;/q;;+2;+1;3*-1/t2*16-,17-;;;;;/m11...../s1. The van der Waals surface area contributed by atoms with E-state index in [-0.39, 0.29) is 147 Å². The molecular weight excluding hydrogens is 1080 g/mol. The van der Waals surface area contributed by atoms with E-state index in [9.17, 15) is 55.6 Å². The molecule has 0 bridgehead atoms. The molecule has 24 heteroatoms. The van der Waals surface area contributed by atoms with Crippen molar-refractivity contribution in [3.8, 4) is 22.5 Å². The predicted molar refractivity (Wildman–Crippen MR) is 254 cm³/mol. The Balaban J connectivity index is -0.00000122. The Bertz CT molecular complexity index is 2450. The number of aliphatic carboxylic acids is 2. The Morgan fingerprint density at radius 3 is 1.16 bits per heavy atom. The SMILES string of the molecule is CC(C)c1nc(N(C)S(C)(=O)=O)nc(-c2ccc(F)cc2)c1C=C[C@@H](O)C[C@@H](O)CC(=O)O.CC(C)c1nc(N(C)S(C)(=O)=O)nc(-c2ccc(F)cc2)c1C=C[C@@H](O)C[C@@H](O)CC(=O)O.[Ca+2].[Cs+].[H-].[H-].[H-]. The van der Waals surface area contributed by atoms with E-state index in [0.29, 0.717) is 45.0 Å². The van der Waals surface area contributed by atoms with Gasteiger partial charge in [0.05, 0.1) is 72.5 Å². The zero-order chi connectivity index (χ0) is 49.8. The van der Waals surface area contributed by atoms with Crippen LogP contribution in [0.15, 0.2) is 60.7 Å². The number of carbonyl (C=O) groups is 2. The summed E-state index contributed by atoms with van der Waals surface area (Å²) in [7, 11) is -4.65. The zero-order valence-electron chi connectivity index (χ0n) is 42.3. The van der Waals surface area contributed by atoms with Crippen molar-refractivity contribution in [2.24, 2.45) is 0 Å². The molecule has 6 N–H and O–H groups in total. The maximum atomic E-state index is 13.5. The summed E-state index contributed by atoms with van der Waals surface area (Å²) in [5.41, 5.74) is 3.60. The van der Waals surface area contributed by atoms with Crippen LogP contribution in [0, 0.1) is 11.6 Å². The van der Waals surface area contributed by atoms with Crippen LogP contribution >= 0.6 is 0 Å². The molecular formula is C44H59CaCsF2N6O12S2. The fraction of sp³-hybridized carbons (Fsp3) is 0.409. The van der Waals surface area contributed by atoms with Gasteiger partial charge in [-0.2, -0.15) is 0 Å². The van der Waals surface area contributed by atoms with Crippen molar-refractivity contribution in [2.45, 2.75) is 89.6 Å². The molecule has 18 nitrogen and oxygen atoms in total. The molecule has 0 radical (unpaired) electrons. The molecule has 2 aromatic heterocycles. The van der Waals surface area contributed by atoms with Gasteiger partial charge >= 0.3 is 119 Å². The van der Waals surface area contributed by atoms with E-state index >= 15 is 0 Å². The van der Waals surface area contributed by atoms with Crippen molar-refractivity contribution in [3.63, 3.8) is 0 Å². The summed E-state index contributed by atoms with van der Waals surface area (Å²) in [6, 6.07) is 11.0. The van der Waals surface area contributed by atoms with Crippen LogP contribution in [0.4, 0.5) is 20.7 Å². The number of anilines is 2. The van der Waals surface area contributed by atoms with Gasteiger partial charge in [-0.1, -0.05) is 52.0 Å². The number of sulfonamides is 2. The molecule has 4 aromatic rings. The molecule has 0 spiro atoms. The fourth-order valence-corrected chi connectivity index (χ4v) is 6.85. The van der Waals surface area contributed by atoms with Gasteiger partial charge in [-0.15, -0.1) is 0 Å². The molecule has 0 saturated carbocycles. The largest absolute Gasteiger partial charge is 2.00 e. The summed E-state index contributed by atoms with van der Waals surface area (Å²) in [6.07, 6.45) is 1.72. The van der Waals surface area contributed by atoms with E-state index in [4.69, 9.17) is 10.2 Å². The van der Waals surface area contributed by atoms with E-state index in [2.05, 4.69) is 19.9 Å². The van der Waals surface area contributed by atoms with Gasteiger partial charge in [0.1, 0.15) is 11.6 Å². The number of carboxylic acid groups (broad SMARTS) is 2. The molecule has 0 aliphatic rings. The summed E-state index contributed by atoms with van der Waals surface area (Å²) < 4.78 is 77.2. The van der Waals surface area contributed by atoms with Gasteiger partial charge in [-0.05, 0) is 60.4 Å². The van der Waals surface area contributed by atoms with Gasteiger partial charge in [-0.25, -0.2) is 54.2 Å². The number of aromatic nitrogens is 4. The third-order valence-electron chi connectivity index (χ3n) is 9.63. The molecule has 4 atom stereocenters. The molecule has 2 heterocycles. The molecule has 0 unspecified atom stereocenters. The van der Waals surface area contributed by atoms with Gasteiger partial charge in [0.2, 0.25) is 31.9 Å². The summed E-state index contributed by atoms with van der Waals surface area (Å²) in [5.74, 6) is -3.74. The second-order valence-electron chi connectivity index (χ2n) is 16.0. The van der Waals surface area contributed by atoms with Crippen LogP contribution in [0.2, 0.25) is 0 Å². The molecule has 0 saturated heterocycles. The number of aliphatic hydroxyl groups is 4. The summed E-state index contributed by atoms with van der Waals surface area (Å²) in [5, 5.41) is 57.6. The smallest absolute Gasteiger partial charge is 1.00 e. The van der Waals surface area contributed by atoms with Crippen molar-refractivity contribution in [1.29, 1.82) is 0 Å². The molecule has 0 aliphatic carbocycles. The number of benzene rings is 2. The minimum atomic E-state index is -3.65. The first-order valence-corrected chi connectivity index (χ1v) is 24.0. The Kier molecular flexibility index (Phi) is 26.7. The van der Waals surface area contributed by atoms with Crippen LogP contribution in [-0.4, -0.2) is 168 Å². The average Bonchev–Trinajstić information content (AvgIpc) is 3.20. The van der Waals surface area contributed by atoms with Crippen LogP contribution < -0.4 is 77.5 Å². The van der Waals surface area contributed by atoms with Crippen molar-refractivity contribution in [3.05, 3.63) is 94.8 Å². The van der Waals surface area contributed by atoms with E-state index in [0.717, 1.165) is 21.1 Å². The molecule has 0 amide bonds. The van der Waals surface area contributed by atoms with Crippen LogP contribution in [0.1, 0.15) is 92.0 Å². The van der Waals surface area contributed by atoms with E-state index in [1.807, 2.05) is 27.7 Å². The number of nitrogens with zero attached hydrogens (tertiary/aromatic N) is 6. The van der Waals surface area contributed by atoms with Crippen molar-refractivity contribution < 1.29 is 139 Å². The normalized spacial score (nSPS) is 13.5. The zero-order valence-corrected chi connectivity index (χ0v) is 49.4. The number of hydrogen-bond donors (Lipinski definition) is 6. The third kappa shape index (κ3) is 20.0. The van der Waals surface area contributed by atoms with Crippen molar-refractivity contribution >= 4 is 93.8 Å². The summed E-state index contributed by atoms with van der Waals surface area (Å²) in [4.78, 5) is 39.1. The molecule has 4 rings (SSSR count). The maximum absolute atomic E-state index is 13.5. The quantitative estimate of drug-likeness (QED) is 0.0688. The number of halogens is 2. The number of rotatable bonds is 20. The molecule has 0 fully saturated rings.